The van der Waals surface area contributed by atoms with Crippen LogP contribution in [-0.2, 0) is 0 Å². The fourth-order valence-electron chi connectivity index (χ4n) is 7.16. The number of pyridine rings is 3. The summed E-state index contributed by atoms with van der Waals surface area (Å²) >= 11 is 0. The van der Waals surface area contributed by atoms with Crippen molar-refractivity contribution in [2.75, 3.05) is 0 Å². The van der Waals surface area contributed by atoms with Crippen LogP contribution in [0.3, 0.4) is 0 Å². The molecule has 6 aromatic carbocycles. The average Bonchev–Trinajstić information content (AvgIpc) is 3.29. The molecule has 0 N–H and O–H groups in total. The smallest absolute Gasteiger partial charge is 0.165 e. The van der Waals surface area contributed by atoms with Gasteiger partial charge in [0.15, 0.2) is 17.5 Å². The lowest BCUT2D eigenvalue weighted by Gasteiger charge is -2.14. The highest BCUT2D eigenvalue weighted by Gasteiger charge is 2.16. The second-order valence-electron chi connectivity index (χ2n) is 13.6. The lowest BCUT2D eigenvalue weighted by molar-refractivity contribution is 1.07. The number of nitrogens with zero attached hydrogens (tertiary/aromatic N) is 6. The quantitative estimate of drug-likeness (QED) is 0.153. The summed E-state index contributed by atoms with van der Waals surface area (Å²) < 4.78 is 0. The largest absolute Gasteiger partial charge is 0.264 e. The van der Waals surface area contributed by atoms with Crippen LogP contribution in [0.15, 0.2) is 194 Å². The van der Waals surface area contributed by atoms with Gasteiger partial charge in [0.25, 0.3) is 0 Å². The monoisotopic (exact) mass is 716 g/mol. The zero-order valence-electron chi connectivity index (χ0n) is 30.2. The van der Waals surface area contributed by atoms with Crippen molar-refractivity contribution in [2.45, 2.75) is 0 Å². The Balaban J connectivity index is 1.07. The van der Waals surface area contributed by atoms with Crippen LogP contribution in [0.4, 0.5) is 0 Å². The zero-order chi connectivity index (χ0) is 37.3. The molecule has 4 aromatic heterocycles. The Hall–Kier alpha value is -7.70. The van der Waals surface area contributed by atoms with Crippen LogP contribution >= 0.6 is 0 Å². The zero-order valence-corrected chi connectivity index (χ0v) is 30.2. The third kappa shape index (κ3) is 6.35. The van der Waals surface area contributed by atoms with E-state index in [0.29, 0.717) is 17.5 Å². The summed E-state index contributed by atoms with van der Waals surface area (Å²) in [5, 5.41) is 2.10. The van der Waals surface area contributed by atoms with Crippen LogP contribution in [0.2, 0.25) is 0 Å². The van der Waals surface area contributed by atoms with Crippen molar-refractivity contribution in [1.82, 2.24) is 29.9 Å². The first kappa shape index (κ1) is 32.9. The third-order valence-corrected chi connectivity index (χ3v) is 10.0. The molecule has 0 spiro atoms. The molecular formula is C50H32N6. The molecule has 10 aromatic rings. The van der Waals surface area contributed by atoms with Crippen molar-refractivity contribution in [1.29, 1.82) is 0 Å². The predicted molar refractivity (Wildman–Crippen MR) is 226 cm³/mol. The minimum Gasteiger partial charge on any atom is -0.264 e. The van der Waals surface area contributed by atoms with Gasteiger partial charge in [-0.15, -0.1) is 0 Å². The van der Waals surface area contributed by atoms with Crippen molar-refractivity contribution in [2.24, 2.45) is 0 Å². The summed E-state index contributed by atoms with van der Waals surface area (Å²) in [6.07, 6.45) is 3.53. The van der Waals surface area contributed by atoms with Crippen LogP contribution < -0.4 is 0 Å². The van der Waals surface area contributed by atoms with Gasteiger partial charge >= 0.3 is 0 Å². The molecule has 0 bridgehead atoms. The predicted octanol–water partition coefficient (Wildman–Crippen LogP) is 12.0. The molecule has 0 aliphatic rings. The number of benzene rings is 6. The first-order chi connectivity index (χ1) is 27.7. The molecule has 0 saturated carbocycles. The highest BCUT2D eigenvalue weighted by atomic mass is 15.0. The normalized spacial score (nSPS) is 11.2. The minimum atomic E-state index is 0.581. The van der Waals surface area contributed by atoms with E-state index in [9.17, 15) is 0 Å². The molecular weight excluding hydrogens is 685 g/mol. The van der Waals surface area contributed by atoms with Crippen molar-refractivity contribution in [3.8, 4) is 78.9 Å². The fraction of sp³-hybridized carbons (Fsp3) is 0. The highest BCUT2D eigenvalue weighted by Crippen LogP contribution is 2.37. The van der Waals surface area contributed by atoms with E-state index in [4.69, 9.17) is 24.9 Å². The Labute approximate surface area is 324 Å². The Bertz CT molecular complexity index is 2930. The fourth-order valence-corrected chi connectivity index (χ4v) is 7.16. The van der Waals surface area contributed by atoms with E-state index in [1.807, 2.05) is 66.7 Å². The first-order valence-electron chi connectivity index (χ1n) is 18.5. The lowest BCUT2D eigenvalue weighted by Crippen LogP contribution is -2.00. The van der Waals surface area contributed by atoms with Crippen molar-refractivity contribution < 1.29 is 0 Å². The number of hydrogen-bond acceptors (Lipinski definition) is 6. The molecule has 0 aliphatic carbocycles. The lowest BCUT2D eigenvalue weighted by atomic mass is 9.94. The number of aromatic nitrogens is 6. The second-order valence-corrected chi connectivity index (χ2v) is 13.6. The summed E-state index contributed by atoms with van der Waals surface area (Å²) in [5.74, 6) is 1.80. The summed E-state index contributed by atoms with van der Waals surface area (Å²) in [7, 11) is 0. The van der Waals surface area contributed by atoms with Crippen LogP contribution in [0.5, 0.6) is 0 Å². The molecule has 0 unspecified atom stereocenters. The van der Waals surface area contributed by atoms with E-state index in [-0.39, 0.29) is 0 Å². The topological polar surface area (TPSA) is 77.3 Å². The van der Waals surface area contributed by atoms with Crippen LogP contribution in [0.25, 0.3) is 101 Å². The number of fused-ring (bicyclic) bond motifs is 3. The molecule has 0 fully saturated rings. The molecule has 0 amide bonds. The first-order valence-corrected chi connectivity index (χ1v) is 18.5. The van der Waals surface area contributed by atoms with Gasteiger partial charge in [-0.25, -0.2) is 24.9 Å². The summed E-state index contributed by atoms with van der Waals surface area (Å²) in [4.78, 5) is 29.4. The summed E-state index contributed by atoms with van der Waals surface area (Å²) in [5.41, 5.74) is 12.8. The van der Waals surface area contributed by atoms with Gasteiger partial charge in [-0.05, 0) is 52.6 Å². The Morgan fingerprint density at radius 2 is 0.839 bits per heavy atom. The number of rotatable bonds is 7. The van der Waals surface area contributed by atoms with Crippen LogP contribution in [0, 0.1) is 0 Å². The van der Waals surface area contributed by atoms with Crippen molar-refractivity contribution in [3.05, 3.63) is 194 Å². The Morgan fingerprint density at radius 1 is 0.304 bits per heavy atom. The molecule has 4 heterocycles. The maximum Gasteiger partial charge on any atom is 0.165 e. The van der Waals surface area contributed by atoms with E-state index in [1.54, 1.807) is 12.4 Å². The molecule has 0 saturated heterocycles. The molecule has 10 rings (SSSR count). The van der Waals surface area contributed by atoms with Crippen molar-refractivity contribution in [3.63, 3.8) is 0 Å². The van der Waals surface area contributed by atoms with Gasteiger partial charge in [-0.2, -0.15) is 0 Å². The summed E-state index contributed by atoms with van der Waals surface area (Å²) in [6.45, 7) is 0. The maximum atomic E-state index is 5.28. The number of hydrogen-bond donors (Lipinski definition) is 0. The maximum absolute atomic E-state index is 5.28. The second kappa shape index (κ2) is 14.3. The Kier molecular flexibility index (Phi) is 8.39. The standard InChI is InChI=1S/C50H32N6/c1-4-12-34(13-5-1)44-28-26-36-25-27-42-43(31-45(35-14-6-2-7-15-35)53-47(42)46(36)52-44)40-19-10-18-39(30-40)33-21-23-38(24-22-33)49-54-48(37-16-8-3-9-17-37)55-50(56-49)41-20-11-29-51-32-41/h1-32H. The van der Waals surface area contributed by atoms with Gasteiger partial charge < -0.3 is 0 Å². The molecule has 0 radical (unpaired) electrons. The third-order valence-electron chi connectivity index (χ3n) is 10.0. The van der Waals surface area contributed by atoms with Crippen LogP contribution in [-0.4, -0.2) is 29.9 Å². The van der Waals surface area contributed by atoms with Gasteiger partial charge in [0.2, 0.25) is 0 Å². The van der Waals surface area contributed by atoms with E-state index >= 15 is 0 Å². The van der Waals surface area contributed by atoms with E-state index < -0.39 is 0 Å². The Morgan fingerprint density at radius 3 is 1.52 bits per heavy atom. The van der Waals surface area contributed by atoms with Crippen molar-refractivity contribution >= 4 is 21.8 Å². The van der Waals surface area contributed by atoms with Gasteiger partial charge in [0.1, 0.15) is 0 Å². The van der Waals surface area contributed by atoms with E-state index in [1.165, 1.54) is 0 Å². The van der Waals surface area contributed by atoms with Crippen LogP contribution in [0.1, 0.15) is 0 Å². The SMILES string of the molecule is c1ccc(-c2ccc3ccc4c(-c5cccc(-c6ccc(-c7nc(-c8ccccc8)nc(-c8cccnc8)n7)cc6)c5)cc(-c5ccccc5)nc4c3n2)cc1. The van der Waals surface area contributed by atoms with Gasteiger partial charge in [-0.1, -0.05) is 152 Å². The van der Waals surface area contributed by atoms with Gasteiger partial charge in [0.05, 0.1) is 22.4 Å². The molecule has 262 valence electrons. The van der Waals surface area contributed by atoms with Gasteiger partial charge in [-0.3, -0.25) is 4.98 Å². The average molecular weight is 717 g/mol. The highest BCUT2D eigenvalue weighted by molar-refractivity contribution is 6.10. The van der Waals surface area contributed by atoms with E-state index in [0.717, 1.165) is 83.3 Å². The summed E-state index contributed by atoms with van der Waals surface area (Å²) in [6, 6.07) is 62.4. The minimum absolute atomic E-state index is 0.581. The molecule has 6 nitrogen and oxygen atoms in total. The van der Waals surface area contributed by atoms with Gasteiger partial charge in [0, 0.05) is 51.0 Å². The molecule has 56 heavy (non-hydrogen) atoms. The molecule has 6 heteroatoms. The van der Waals surface area contributed by atoms with E-state index in [2.05, 4.69) is 120 Å². The molecule has 0 aliphatic heterocycles. The molecule has 0 atom stereocenters.